The highest BCUT2D eigenvalue weighted by atomic mass is 16.1. The van der Waals surface area contributed by atoms with Crippen LogP contribution in [0.2, 0.25) is 0 Å². The van der Waals surface area contributed by atoms with Crippen LogP contribution < -0.4 is 4.90 Å². The summed E-state index contributed by atoms with van der Waals surface area (Å²) in [6.45, 7) is 3.69. The maximum absolute atomic E-state index is 11.3. The number of ketones is 1. The number of aromatic nitrogens is 1. The maximum Gasteiger partial charge on any atom is 0.159 e. The number of rotatable bonds is 3. The van der Waals surface area contributed by atoms with E-state index in [1.165, 1.54) is 17.7 Å². The summed E-state index contributed by atoms with van der Waals surface area (Å²) in [6, 6.07) is 12.1. The highest BCUT2D eigenvalue weighted by Gasteiger charge is 2.23. The second-order valence-electron chi connectivity index (χ2n) is 5.32. The van der Waals surface area contributed by atoms with E-state index in [0.29, 0.717) is 5.92 Å². The van der Waals surface area contributed by atoms with Gasteiger partial charge in [-0.3, -0.25) is 9.78 Å². The predicted molar refractivity (Wildman–Crippen MR) is 80.3 cm³/mol. The standard InChI is InChI=1S/C17H18N2O/c1-13(20)14-2-4-17(5-3-14)19-11-8-16(12-19)15-6-9-18-10-7-15/h2-7,9-10,16H,8,11-12H2,1H3. The Hall–Kier alpha value is -2.16. The lowest BCUT2D eigenvalue weighted by molar-refractivity contribution is 0.101. The molecular weight excluding hydrogens is 248 g/mol. The van der Waals surface area contributed by atoms with Gasteiger partial charge in [0, 0.05) is 42.7 Å². The monoisotopic (exact) mass is 266 g/mol. The Labute approximate surface area is 119 Å². The number of carbonyl (C=O) groups is 1. The van der Waals surface area contributed by atoms with Crippen LogP contribution in [0.25, 0.3) is 0 Å². The molecule has 1 atom stereocenters. The van der Waals surface area contributed by atoms with Crippen molar-refractivity contribution in [2.75, 3.05) is 18.0 Å². The van der Waals surface area contributed by atoms with E-state index in [-0.39, 0.29) is 5.78 Å². The van der Waals surface area contributed by atoms with Gasteiger partial charge < -0.3 is 4.90 Å². The van der Waals surface area contributed by atoms with Gasteiger partial charge in [-0.25, -0.2) is 0 Å². The topological polar surface area (TPSA) is 33.2 Å². The summed E-state index contributed by atoms with van der Waals surface area (Å²) in [6.07, 6.45) is 4.89. The first-order chi connectivity index (χ1) is 9.74. The van der Waals surface area contributed by atoms with Crippen LogP contribution in [0.4, 0.5) is 5.69 Å². The molecule has 1 aliphatic rings. The quantitative estimate of drug-likeness (QED) is 0.799. The van der Waals surface area contributed by atoms with Crippen molar-refractivity contribution in [1.29, 1.82) is 0 Å². The lowest BCUT2D eigenvalue weighted by Gasteiger charge is -2.19. The molecule has 0 N–H and O–H groups in total. The molecule has 0 amide bonds. The summed E-state index contributed by atoms with van der Waals surface area (Å²) in [7, 11) is 0. The molecule has 20 heavy (non-hydrogen) atoms. The van der Waals surface area contributed by atoms with Crippen molar-refractivity contribution in [1.82, 2.24) is 4.98 Å². The first-order valence-corrected chi connectivity index (χ1v) is 7.00. The van der Waals surface area contributed by atoms with E-state index >= 15 is 0 Å². The SMILES string of the molecule is CC(=O)c1ccc(N2CCC(c3ccncc3)C2)cc1. The van der Waals surface area contributed by atoms with Crippen LogP contribution in [0.5, 0.6) is 0 Å². The third-order valence-corrected chi connectivity index (χ3v) is 4.00. The van der Waals surface area contributed by atoms with Gasteiger partial charge in [-0.15, -0.1) is 0 Å². The average molecular weight is 266 g/mol. The van der Waals surface area contributed by atoms with Crippen LogP contribution in [0, 0.1) is 0 Å². The third kappa shape index (κ3) is 2.57. The number of benzene rings is 1. The summed E-state index contributed by atoms with van der Waals surface area (Å²) < 4.78 is 0. The van der Waals surface area contributed by atoms with Crippen molar-refractivity contribution in [3.05, 3.63) is 59.9 Å². The number of pyridine rings is 1. The normalized spacial score (nSPS) is 18.2. The summed E-state index contributed by atoms with van der Waals surface area (Å²) >= 11 is 0. The molecule has 1 fully saturated rings. The third-order valence-electron chi connectivity index (χ3n) is 4.00. The molecule has 1 aromatic heterocycles. The number of hydrogen-bond donors (Lipinski definition) is 0. The number of hydrogen-bond acceptors (Lipinski definition) is 3. The first kappa shape index (κ1) is 12.9. The number of carbonyl (C=O) groups excluding carboxylic acids is 1. The molecule has 1 aliphatic heterocycles. The molecule has 1 unspecified atom stereocenters. The maximum atomic E-state index is 11.3. The minimum atomic E-state index is 0.118. The van der Waals surface area contributed by atoms with Crippen LogP contribution >= 0.6 is 0 Å². The van der Waals surface area contributed by atoms with Crippen molar-refractivity contribution in [3.63, 3.8) is 0 Å². The van der Waals surface area contributed by atoms with E-state index in [4.69, 9.17) is 0 Å². The zero-order chi connectivity index (χ0) is 13.9. The molecule has 0 radical (unpaired) electrons. The Morgan fingerprint density at radius 3 is 2.50 bits per heavy atom. The van der Waals surface area contributed by atoms with Gasteiger partial charge in [0.25, 0.3) is 0 Å². The summed E-state index contributed by atoms with van der Waals surface area (Å²) in [5.74, 6) is 0.693. The second-order valence-corrected chi connectivity index (χ2v) is 5.32. The van der Waals surface area contributed by atoms with Crippen LogP contribution in [-0.4, -0.2) is 23.9 Å². The van der Waals surface area contributed by atoms with Crippen molar-refractivity contribution in [2.24, 2.45) is 0 Å². The molecule has 0 aliphatic carbocycles. The lowest BCUT2D eigenvalue weighted by atomic mass is 10.00. The molecule has 1 aromatic carbocycles. The Balaban J connectivity index is 1.72. The Bertz CT molecular complexity index is 592. The minimum absolute atomic E-state index is 0.118. The van der Waals surface area contributed by atoms with E-state index in [2.05, 4.69) is 22.0 Å². The number of nitrogens with zero attached hydrogens (tertiary/aromatic N) is 2. The fourth-order valence-electron chi connectivity index (χ4n) is 2.81. The van der Waals surface area contributed by atoms with E-state index in [1.54, 1.807) is 6.92 Å². The van der Waals surface area contributed by atoms with E-state index in [9.17, 15) is 4.79 Å². The highest BCUT2D eigenvalue weighted by Crippen LogP contribution is 2.30. The van der Waals surface area contributed by atoms with Crippen LogP contribution in [-0.2, 0) is 0 Å². The highest BCUT2D eigenvalue weighted by molar-refractivity contribution is 5.94. The van der Waals surface area contributed by atoms with Gasteiger partial charge in [0.1, 0.15) is 0 Å². The molecule has 0 saturated carbocycles. The van der Waals surface area contributed by atoms with Crippen LogP contribution in [0.1, 0.15) is 35.2 Å². The van der Waals surface area contributed by atoms with Gasteiger partial charge in [-0.2, -0.15) is 0 Å². The zero-order valence-electron chi connectivity index (χ0n) is 11.6. The fourth-order valence-corrected chi connectivity index (χ4v) is 2.81. The first-order valence-electron chi connectivity index (χ1n) is 7.00. The fraction of sp³-hybridized carbons (Fsp3) is 0.294. The Morgan fingerprint density at radius 1 is 1.15 bits per heavy atom. The van der Waals surface area contributed by atoms with Gasteiger partial charge >= 0.3 is 0 Å². The minimum Gasteiger partial charge on any atom is -0.371 e. The molecule has 1 saturated heterocycles. The smallest absolute Gasteiger partial charge is 0.159 e. The summed E-state index contributed by atoms with van der Waals surface area (Å²) in [5, 5.41) is 0. The molecule has 2 heterocycles. The second kappa shape index (κ2) is 5.45. The van der Waals surface area contributed by atoms with Gasteiger partial charge in [0.2, 0.25) is 0 Å². The molecule has 0 spiro atoms. The van der Waals surface area contributed by atoms with E-state index < -0.39 is 0 Å². The van der Waals surface area contributed by atoms with E-state index in [0.717, 1.165) is 18.7 Å². The molecule has 2 aromatic rings. The van der Waals surface area contributed by atoms with Crippen molar-refractivity contribution in [3.8, 4) is 0 Å². The van der Waals surface area contributed by atoms with Gasteiger partial charge in [0.15, 0.2) is 5.78 Å². The molecule has 102 valence electrons. The number of anilines is 1. The molecular formula is C17H18N2O. The van der Waals surface area contributed by atoms with E-state index in [1.807, 2.05) is 36.7 Å². The Kier molecular flexibility index (Phi) is 3.50. The van der Waals surface area contributed by atoms with Gasteiger partial charge in [-0.1, -0.05) is 0 Å². The molecule has 0 bridgehead atoms. The largest absolute Gasteiger partial charge is 0.371 e. The summed E-state index contributed by atoms with van der Waals surface area (Å²) in [4.78, 5) is 17.8. The van der Waals surface area contributed by atoms with Gasteiger partial charge in [0.05, 0.1) is 0 Å². The molecule has 3 nitrogen and oxygen atoms in total. The zero-order valence-corrected chi connectivity index (χ0v) is 11.6. The number of Topliss-reactive ketones (excluding diaryl/α,β-unsaturated/α-hetero) is 1. The van der Waals surface area contributed by atoms with Crippen molar-refractivity contribution in [2.45, 2.75) is 19.3 Å². The van der Waals surface area contributed by atoms with Gasteiger partial charge in [-0.05, 0) is 55.3 Å². The van der Waals surface area contributed by atoms with Crippen LogP contribution in [0.3, 0.4) is 0 Å². The average Bonchev–Trinajstić information content (AvgIpc) is 2.98. The molecule has 3 rings (SSSR count). The van der Waals surface area contributed by atoms with Crippen LogP contribution in [0.15, 0.2) is 48.8 Å². The van der Waals surface area contributed by atoms with Crippen molar-refractivity contribution >= 4 is 11.5 Å². The molecule has 3 heteroatoms. The Morgan fingerprint density at radius 2 is 1.85 bits per heavy atom. The summed E-state index contributed by atoms with van der Waals surface area (Å²) in [5.41, 5.74) is 3.34. The van der Waals surface area contributed by atoms with Crippen molar-refractivity contribution < 1.29 is 4.79 Å². The predicted octanol–water partition coefficient (Wildman–Crippen LogP) is 3.28. The lowest BCUT2D eigenvalue weighted by Crippen LogP contribution is -2.19.